The van der Waals surface area contributed by atoms with Gasteiger partial charge in [0.05, 0.1) is 0 Å². The van der Waals surface area contributed by atoms with E-state index >= 15 is 0 Å². The Morgan fingerprint density at radius 2 is 1.37 bits per heavy atom. The lowest BCUT2D eigenvalue weighted by molar-refractivity contribution is -0.264. The number of ether oxygens (including phenoxy) is 3. The second-order valence-corrected chi connectivity index (χ2v) is 13.0. The Kier molecular flexibility index (Phi) is 6.21. The molecule has 4 aliphatic rings. The molecular weight excluding hydrogens is 448 g/mol. The molecule has 196 valence electrons. The van der Waals surface area contributed by atoms with Crippen LogP contribution in [0.5, 0.6) is 0 Å². The smallest absolute Gasteiger partial charge is 0.302 e. The molecule has 4 aliphatic carbocycles. The minimum absolute atomic E-state index is 0.0711. The normalized spacial score (nSPS) is 46.0. The van der Waals surface area contributed by atoms with E-state index in [1.165, 1.54) is 20.8 Å². The van der Waals surface area contributed by atoms with E-state index in [1.54, 1.807) is 0 Å². The fourth-order valence-corrected chi connectivity index (χ4v) is 9.25. The summed E-state index contributed by atoms with van der Waals surface area (Å²) < 4.78 is 17.9. The fourth-order valence-electron chi connectivity index (χ4n) is 9.25. The van der Waals surface area contributed by atoms with Gasteiger partial charge in [-0.25, -0.2) is 0 Å². The van der Waals surface area contributed by atoms with Gasteiger partial charge in [0.25, 0.3) is 0 Å². The van der Waals surface area contributed by atoms with Gasteiger partial charge >= 0.3 is 17.9 Å². The molecule has 4 rings (SSSR count). The zero-order valence-corrected chi connectivity index (χ0v) is 22.6. The second kappa shape index (κ2) is 8.31. The van der Waals surface area contributed by atoms with Crippen molar-refractivity contribution in [1.82, 2.24) is 0 Å². The molecule has 0 heterocycles. The first kappa shape index (κ1) is 26.2. The largest absolute Gasteiger partial charge is 0.462 e. The van der Waals surface area contributed by atoms with Crippen LogP contribution in [-0.4, -0.2) is 42.0 Å². The molecule has 0 bridgehead atoms. The first-order chi connectivity index (χ1) is 16.1. The van der Waals surface area contributed by atoms with Crippen LogP contribution in [0.2, 0.25) is 0 Å². The van der Waals surface area contributed by atoms with Gasteiger partial charge in [0.1, 0.15) is 24.1 Å². The van der Waals surface area contributed by atoms with E-state index in [4.69, 9.17) is 14.2 Å². The SMILES string of the molecule is CC(=O)O[C@H]1C[C@@H]2C(C)(C)[C@H](OC(C)=O)CC[C@]2(C)[C@@H]2[C@@H]1[C@]1(C)CCC(=O)[C@@]1(C)C[C@H]2OC(C)=O. The van der Waals surface area contributed by atoms with Gasteiger partial charge in [-0.1, -0.05) is 34.6 Å². The third kappa shape index (κ3) is 3.74. The number of rotatable bonds is 3. The number of hydrogen-bond donors (Lipinski definition) is 0. The summed E-state index contributed by atoms with van der Waals surface area (Å²) >= 11 is 0. The first-order valence-electron chi connectivity index (χ1n) is 13.1. The molecule has 0 spiro atoms. The molecule has 0 unspecified atom stereocenters. The monoisotopic (exact) mass is 490 g/mol. The lowest BCUT2D eigenvalue weighted by Gasteiger charge is -2.68. The van der Waals surface area contributed by atoms with Gasteiger partial charge in [0.2, 0.25) is 0 Å². The highest BCUT2D eigenvalue weighted by Gasteiger charge is 2.73. The maximum atomic E-state index is 13.3. The van der Waals surface area contributed by atoms with Crippen LogP contribution in [0.15, 0.2) is 0 Å². The van der Waals surface area contributed by atoms with Crippen molar-refractivity contribution in [2.45, 2.75) is 112 Å². The Balaban J connectivity index is 1.88. The lowest BCUT2D eigenvalue weighted by Crippen LogP contribution is -2.69. The average Bonchev–Trinajstić information content (AvgIpc) is 2.94. The Hall–Kier alpha value is -1.92. The van der Waals surface area contributed by atoms with Crippen molar-refractivity contribution in [3.8, 4) is 0 Å². The quantitative estimate of drug-likeness (QED) is 0.420. The average molecular weight is 491 g/mol. The number of Topliss-reactive ketones (excluding diaryl/α,β-unsaturated/α-hetero) is 1. The minimum atomic E-state index is -0.639. The van der Waals surface area contributed by atoms with E-state index in [2.05, 4.69) is 27.7 Å². The zero-order valence-electron chi connectivity index (χ0n) is 22.6. The standard InChI is InChI=1S/C28H42O7/c1-15(29)33-18-13-20-25(4,5)22(35-17(3)31)10-11-26(20,6)23-19(34-16(2)30)14-28(8)21(32)9-12-27(28,7)24(18)23/h18-20,22-24H,9-14H2,1-8H3/t18-,19+,20+,22+,23-,24+,26-,27-,28+/m0/s1. The lowest BCUT2D eigenvalue weighted by atomic mass is 9.37. The topological polar surface area (TPSA) is 96.0 Å². The second-order valence-electron chi connectivity index (χ2n) is 13.0. The molecule has 0 aromatic rings. The summed E-state index contributed by atoms with van der Waals surface area (Å²) in [6, 6.07) is 0. The van der Waals surface area contributed by atoms with Crippen LogP contribution in [0.3, 0.4) is 0 Å². The molecule has 0 N–H and O–H groups in total. The minimum Gasteiger partial charge on any atom is -0.462 e. The van der Waals surface area contributed by atoms with Crippen molar-refractivity contribution < 1.29 is 33.4 Å². The summed E-state index contributed by atoms with van der Waals surface area (Å²) in [5.41, 5.74) is -1.61. The van der Waals surface area contributed by atoms with E-state index in [1.807, 2.05) is 6.92 Å². The number of fused-ring (bicyclic) bond motifs is 5. The van der Waals surface area contributed by atoms with Crippen LogP contribution in [0.25, 0.3) is 0 Å². The Labute approximate surface area is 209 Å². The number of carbonyl (C=O) groups is 4. The number of ketones is 1. The molecule has 0 aliphatic heterocycles. The predicted molar refractivity (Wildman–Crippen MR) is 128 cm³/mol. The molecule has 9 atom stereocenters. The Morgan fingerprint density at radius 1 is 0.800 bits per heavy atom. The van der Waals surface area contributed by atoms with Crippen LogP contribution >= 0.6 is 0 Å². The maximum Gasteiger partial charge on any atom is 0.302 e. The van der Waals surface area contributed by atoms with E-state index in [0.717, 1.165) is 19.3 Å². The third-order valence-electron chi connectivity index (χ3n) is 10.9. The molecule has 0 radical (unpaired) electrons. The molecule has 0 aromatic heterocycles. The molecule has 0 saturated heterocycles. The fraction of sp³-hybridized carbons (Fsp3) is 0.857. The first-order valence-corrected chi connectivity index (χ1v) is 13.1. The van der Waals surface area contributed by atoms with Crippen LogP contribution < -0.4 is 0 Å². The molecule has 7 nitrogen and oxygen atoms in total. The molecule has 0 amide bonds. The summed E-state index contributed by atoms with van der Waals surface area (Å²) in [6.07, 6.45) is 2.82. The molecule has 4 fully saturated rings. The molecule has 4 saturated carbocycles. The highest BCUT2D eigenvalue weighted by molar-refractivity contribution is 5.88. The maximum absolute atomic E-state index is 13.3. The van der Waals surface area contributed by atoms with Gasteiger partial charge in [0.15, 0.2) is 0 Å². The van der Waals surface area contributed by atoms with Crippen LogP contribution in [0.1, 0.15) is 93.9 Å². The summed E-state index contributed by atoms with van der Waals surface area (Å²) in [5.74, 6) is -0.884. The van der Waals surface area contributed by atoms with Crippen LogP contribution in [-0.2, 0) is 33.4 Å². The van der Waals surface area contributed by atoms with Crippen molar-refractivity contribution in [3.63, 3.8) is 0 Å². The van der Waals surface area contributed by atoms with Gasteiger partial charge in [-0.2, -0.15) is 0 Å². The van der Waals surface area contributed by atoms with E-state index < -0.39 is 17.6 Å². The number of esters is 3. The Morgan fingerprint density at radius 3 is 1.94 bits per heavy atom. The summed E-state index contributed by atoms with van der Waals surface area (Å²) in [6.45, 7) is 15.1. The van der Waals surface area contributed by atoms with E-state index in [-0.39, 0.29) is 63.8 Å². The molecule has 0 aromatic carbocycles. The van der Waals surface area contributed by atoms with Gasteiger partial charge in [-0.3, -0.25) is 19.2 Å². The van der Waals surface area contributed by atoms with Gasteiger partial charge in [-0.15, -0.1) is 0 Å². The summed E-state index contributed by atoms with van der Waals surface area (Å²) in [4.78, 5) is 49.9. The van der Waals surface area contributed by atoms with Crippen molar-refractivity contribution in [2.75, 3.05) is 0 Å². The molecule has 7 heteroatoms. The van der Waals surface area contributed by atoms with E-state index in [0.29, 0.717) is 19.3 Å². The predicted octanol–water partition coefficient (Wildman–Crippen LogP) is 4.64. The molecular formula is C28H42O7. The van der Waals surface area contributed by atoms with Crippen LogP contribution in [0, 0.1) is 39.4 Å². The summed E-state index contributed by atoms with van der Waals surface area (Å²) in [7, 11) is 0. The highest BCUT2D eigenvalue weighted by Crippen LogP contribution is 2.73. The molecule has 35 heavy (non-hydrogen) atoms. The van der Waals surface area contributed by atoms with E-state index in [9.17, 15) is 19.2 Å². The van der Waals surface area contributed by atoms with Gasteiger partial charge < -0.3 is 14.2 Å². The van der Waals surface area contributed by atoms with Crippen molar-refractivity contribution in [1.29, 1.82) is 0 Å². The number of hydrogen-bond acceptors (Lipinski definition) is 7. The zero-order chi connectivity index (χ0) is 26.1. The van der Waals surface area contributed by atoms with Crippen molar-refractivity contribution in [2.24, 2.45) is 39.4 Å². The van der Waals surface area contributed by atoms with Crippen LogP contribution in [0.4, 0.5) is 0 Å². The summed E-state index contributed by atoms with van der Waals surface area (Å²) in [5, 5.41) is 0. The number of carbonyl (C=O) groups excluding carboxylic acids is 4. The Bertz CT molecular complexity index is 940. The third-order valence-corrected chi connectivity index (χ3v) is 10.9. The highest BCUT2D eigenvalue weighted by atomic mass is 16.6. The van der Waals surface area contributed by atoms with Gasteiger partial charge in [-0.05, 0) is 48.9 Å². The van der Waals surface area contributed by atoms with Crippen molar-refractivity contribution >= 4 is 23.7 Å². The van der Waals surface area contributed by atoms with Gasteiger partial charge in [0, 0.05) is 49.9 Å². The van der Waals surface area contributed by atoms with Crippen molar-refractivity contribution in [3.05, 3.63) is 0 Å².